The van der Waals surface area contributed by atoms with Crippen LogP contribution in [0.2, 0.25) is 0 Å². The monoisotopic (exact) mass is 75.0 g/mol. The molecule has 0 heterocycles. The smallest absolute Gasteiger partial charge is 0.131 e. The number of hydrogen-bond acceptors (Lipinski definition) is 1. The summed E-state index contributed by atoms with van der Waals surface area (Å²) >= 11 is 0. The normalized spacial score (nSPS) is 10.2. The highest BCUT2D eigenvalue weighted by molar-refractivity contribution is 7.66. The van der Waals surface area contributed by atoms with E-state index in [9.17, 15) is 0 Å². The molecule has 0 fully saturated rings. The Morgan fingerprint density at radius 3 is 2.25 bits per heavy atom. The first-order valence-electron chi connectivity index (χ1n) is 1.26. The Balaban J connectivity index is 1.97. The second-order valence-corrected chi connectivity index (χ2v) is 1.67. The van der Waals surface area contributed by atoms with Crippen molar-refractivity contribution in [2.45, 2.75) is 0 Å². The second-order valence-electron chi connectivity index (χ2n) is 0.558. The summed E-state index contributed by atoms with van der Waals surface area (Å²) in [6.45, 7) is 0. The van der Waals surface area contributed by atoms with Gasteiger partial charge in [-0.05, 0) is 0 Å². The average Bonchev–Trinajstić information content (AvgIpc) is 1.37. The highest BCUT2D eigenvalue weighted by Gasteiger charge is 1.55. The van der Waals surface area contributed by atoms with Crippen molar-refractivity contribution in [2.24, 2.45) is 5.73 Å². The maximum atomic E-state index is 5.04. The molecule has 1 unspecified atom stereocenters. The maximum Gasteiger partial charge on any atom is 0.131 e. The van der Waals surface area contributed by atoms with Gasteiger partial charge in [-0.3, -0.25) is 0 Å². The van der Waals surface area contributed by atoms with Crippen molar-refractivity contribution >= 4 is 16.0 Å². The lowest BCUT2D eigenvalue weighted by atomic mass is 10.8. The van der Waals surface area contributed by atoms with E-state index < -0.39 is 0 Å². The molecular formula is CH7BNP. The molecule has 24 valence electrons. The standard InChI is InChI=1S/CH7BNP/c2-4-1-3/h4H,1-3H2. The second kappa shape index (κ2) is 3.45. The summed E-state index contributed by atoms with van der Waals surface area (Å²) < 4.78 is 0. The van der Waals surface area contributed by atoms with Crippen LogP contribution in [-0.4, -0.2) is 13.9 Å². The quantitative estimate of drug-likeness (QED) is 0.318. The van der Waals surface area contributed by atoms with E-state index in [1.54, 1.807) is 0 Å². The zero-order valence-corrected chi connectivity index (χ0v) is 3.78. The molecule has 0 saturated heterocycles. The average molecular weight is 74.9 g/mol. The molecule has 2 N–H and O–H groups in total. The van der Waals surface area contributed by atoms with Crippen molar-refractivity contribution in [1.29, 1.82) is 0 Å². The third-order valence-corrected chi connectivity index (χ3v) is 0.612. The predicted octanol–water partition coefficient (Wildman–Crippen LogP) is -0.871. The molecule has 0 aromatic carbocycles. The molecule has 0 saturated carbocycles. The molecule has 0 rings (SSSR count). The summed E-state index contributed by atoms with van der Waals surface area (Å²) in [6, 6.07) is 0. The van der Waals surface area contributed by atoms with Gasteiger partial charge in [-0.1, -0.05) is 0 Å². The first-order chi connectivity index (χ1) is 1.91. The topological polar surface area (TPSA) is 26.0 Å². The zero-order chi connectivity index (χ0) is 3.41. The van der Waals surface area contributed by atoms with Crippen LogP contribution in [0.4, 0.5) is 0 Å². The minimum atomic E-state index is 0.847. The Bertz CT molecular complexity index is 10.0. The van der Waals surface area contributed by atoms with Gasteiger partial charge in [0.1, 0.15) is 7.57 Å². The van der Waals surface area contributed by atoms with E-state index in [0.29, 0.717) is 0 Å². The Labute approximate surface area is 29.1 Å². The molecule has 0 bridgehead atoms. The molecule has 3 heteroatoms. The van der Waals surface area contributed by atoms with Gasteiger partial charge in [-0.15, -0.1) is 8.46 Å². The van der Waals surface area contributed by atoms with Crippen LogP contribution in [0.1, 0.15) is 0 Å². The zero-order valence-electron chi connectivity index (χ0n) is 2.78. The fourth-order valence-corrected chi connectivity index (χ4v) is 0. The third kappa shape index (κ3) is 2.45. The van der Waals surface area contributed by atoms with Gasteiger partial charge >= 0.3 is 0 Å². The van der Waals surface area contributed by atoms with Gasteiger partial charge in [0, 0.05) is 6.29 Å². The Morgan fingerprint density at radius 2 is 2.25 bits per heavy atom. The van der Waals surface area contributed by atoms with Gasteiger partial charge in [-0.25, -0.2) is 0 Å². The molecular weight excluding hydrogens is 67.8 g/mol. The summed E-state index contributed by atoms with van der Waals surface area (Å²) in [6.07, 6.45) is 0.847. The molecule has 0 aliphatic rings. The molecule has 1 atom stereocenters. The molecule has 0 aliphatic heterocycles. The fraction of sp³-hybridized carbons (Fsp3) is 1.00. The van der Waals surface area contributed by atoms with E-state index in [1.807, 2.05) is 0 Å². The van der Waals surface area contributed by atoms with E-state index in [4.69, 9.17) is 5.73 Å². The summed E-state index contributed by atoms with van der Waals surface area (Å²) in [5.74, 6) is 0. The van der Waals surface area contributed by atoms with Crippen LogP contribution in [0.25, 0.3) is 0 Å². The van der Waals surface area contributed by atoms with Gasteiger partial charge in [0.15, 0.2) is 0 Å². The Kier molecular flexibility index (Phi) is 3.85. The van der Waals surface area contributed by atoms with Crippen molar-refractivity contribution < 1.29 is 0 Å². The SMILES string of the molecule is BPCN. The summed E-state index contributed by atoms with van der Waals surface area (Å²) in [4.78, 5) is 0. The van der Waals surface area contributed by atoms with Gasteiger partial charge in [0.25, 0.3) is 0 Å². The lowest BCUT2D eigenvalue weighted by Crippen LogP contribution is -1.87. The highest BCUT2D eigenvalue weighted by Crippen LogP contribution is 1.88. The molecule has 0 aromatic heterocycles. The first-order valence-corrected chi connectivity index (χ1v) is 2.97. The molecule has 4 heavy (non-hydrogen) atoms. The van der Waals surface area contributed by atoms with Crippen LogP contribution >= 0.6 is 8.46 Å². The Hall–Kier alpha value is 0.455. The van der Waals surface area contributed by atoms with Gasteiger partial charge in [-0.2, -0.15) is 0 Å². The van der Waals surface area contributed by atoms with E-state index in [-0.39, 0.29) is 0 Å². The van der Waals surface area contributed by atoms with Crippen molar-refractivity contribution in [3.63, 3.8) is 0 Å². The number of hydrogen-bond donors (Lipinski definition) is 1. The van der Waals surface area contributed by atoms with Crippen LogP contribution in [0.5, 0.6) is 0 Å². The van der Waals surface area contributed by atoms with Gasteiger partial charge in [0.2, 0.25) is 0 Å². The summed E-state index contributed by atoms with van der Waals surface area (Å²) in [7, 11) is 3.00. The number of rotatable bonds is 1. The van der Waals surface area contributed by atoms with Crippen molar-refractivity contribution in [1.82, 2.24) is 0 Å². The molecule has 0 aromatic rings. The minimum Gasteiger partial charge on any atom is -0.328 e. The third-order valence-electron chi connectivity index (χ3n) is 0.204. The maximum absolute atomic E-state index is 5.04. The first kappa shape index (κ1) is 4.45. The molecule has 0 amide bonds. The highest BCUT2D eigenvalue weighted by atomic mass is 31.1. The minimum absolute atomic E-state index is 0.847. The summed E-state index contributed by atoms with van der Waals surface area (Å²) in [5.41, 5.74) is 5.04. The molecule has 0 spiro atoms. The van der Waals surface area contributed by atoms with E-state index >= 15 is 0 Å². The van der Waals surface area contributed by atoms with Crippen molar-refractivity contribution in [2.75, 3.05) is 6.29 Å². The number of nitrogens with two attached hydrogens (primary N) is 1. The van der Waals surface area contributed by atoms with Crippen LogP contribution in [0.3, 0.4) is 0 Å². The lowest BCUT2D eigenvalue weighted by molar-refractivity contribution is 1.40. The van der Waals surface area contributed by atoms with Crippen LogP contribution < -0.4 is 5.73 Å². The van der Waals surface area contributed by atoms with Gasteiger partial charge in [0.05, 0.1) is 0 Å². The van der Waals surface area contributed by atoms with Crippen LogP contribution in [0.15, 0.2) is 0 Å². The van der Waals surface area contributed by atoms with E-state index in [0.717, 1.165) is 14.7 Å². The van der Waals surface area contributed by atoms with Crippen LogP contribution in [0, 0.1) is 0 Å². The van der Waals surface area contributed by atoms with E-state index in [2.05, 4.69) is 7.57 Å². The predicted molar refractivity (Wildman–Crippen MR) is 25.9 cm³/mol. The van der Waals surface area contributed by atoms with Gasteiger partial charge < -0.3 is 5.73 Å². The lowest BCUT2D eigenvalue weighted by Gasteiger charge is -1.71. The fourth-order valence-electron chi connectivity index (χ4n) is 0. The molecule has 0 aliphatic carbocycles. The molecule has 0 radical (unpaired) electrons. The summed E-state index contributed by atoms with van der Waals surface area (Å²) in [5, 5.41) is 0. The molecule has 1 nitrogen and oxygen atoms in total. The van der Waals surface area contributed by atoms with Crippen LogP contribution in [-0.2, 0) is 0 Å². The van der Waals surface area contributed by atoms with Crippen molar-refractivity contribution in [3.05, 3.63) is 0 Å². The Morgan fingerprint density at radius 1 is 2.00 bits per heavy atom. The van der Waals surface area contributed by atoms with E-state index in [1.165, 1.54) is 0 Å². The largest absolute Gasteiger partial charge is 0.328 e. The van der Waals surface area contributed by atoms with Crippen molar-refractivity contribution in [3.8, 4) is 0 Å².